The lowest BCUT2D eigenvalue weighted by Gasteiger charge is -2.08. The highest BCUT2D eigenvalue weighted by molar-refractivity contribution is 5.14. The topological polar surface area (TPSA) is 66.0 Å². The van der Waals surface area contributed by atoms with Crippen LogP contribution in [0.2, 0.25) is 0 Å². The first-order chi connectivity index (χ1) is 9.85. The van der Waals surface area contributed by atoms with Crippen LogP contribution in [0.5, 0.6) is 0 Å². The van der Waals surface area contributed by atoms with E-state index >= 15 is 0 Å². The van der Waals surface area contributed by atoms with E-state index in [0.717, 1.165) is 37.5 Å². The van der Waals surface area contributed by atoms with Crippen LogP contribution in [-0.4, -0.2) is 28.5 Å². The molecule has 0 aliphatic rings. The number of hydrogen-bond acceptors (Lipinski definition) is 4. The molecule has 0 aliphatic carbocycles. The van der Waals surface area contributed by atoms with Gasteiger partial charge in [0.15, 0.2) is 0 Å². The second-order valence-electron chi connectivity index (χ2n) is 4.72. The van der Waals surface area contributed by atoms with Gasteiger partial charge < -0.3 is 15.0 Å². The fraction of sp³-hybridized carbons (Fsp3) is 0.467. The molecular formula is C15H22N4O. The molecule has 0 spiro atoms. The molecule has 5 heteroatoms. The van der Waals surface area contributed by atoms with E-state index in [-0.39, 0.29) is 0 Å². The predicted octanol–water partition coefficient (Wildman–Crippen LogP) is 1.56. The molecule has 1 heterocycles. The molecule has 0 radical (unpaired) electrons. The Kier molecular flexibility index (Phi) is 5.70. The van der Waals surface area contributed by atoms with Gasteiger partial charge in [0, 0.05) is 20.1 Å². The largest absolute Gasteiger partial charge is 0.383 e. The fourth-order valence-electron chi connectivity index (χ4n) is 2.24. The van der Waals surface area contributed by atoms with Gasteiger partial charge in [0.2, 0.25) is 0 Å². The number of aromatic nitrogens is 3. The van der Waals surface area contributed by atoms with E-state index in [1.54, 1.807) is 7.11 Å². The Bertz CT molecular complexity index is 510. The van der Waals surface area contributed by atoms with Crippen molar-refractivity contribution in [1.29, 1.82) is 0 Å². The van der Waals surface area contributed by atoms with E-state index < -0.39 is 0 Å². The van der Waals surface area contributed by atoms with Crippen LogP contribution < -0.4 is 5.73 Å². The fourth-order valence-corrected chi connectivity index (χ4v) is 2.24. The summed E-state index contributed by atoms with van der Waals surface area (Å²) in [5.74, 6) is 1.83. The summed E-state index contributed by atoms with van der Waals surface area (Å²) in [7, 11) is 1.70. The minimum atomic E-state index is 0.412. The van der Waals surface area contributed by atoms with Gasteiger partial charge >= 0.3 is 0 Å². The maximum atomic E-state index is 5.69. The first-order valence-electron chi connectivity index (χ1n) is 6.99. The van der Waals surface area contributed by atoms with Gasteiger partial charge in [-0.1, -0.05) is 30.3 Å². The first kappa shape index (κ1) is 14.7. The number of benzene rings is 1. The smallest absolute Gasteiger partial charge is 0.146 e. The average molecular weight is 274 g/mol. The molecule has 0 amide bonds. The van der Waals surface area contributed by atoms with E-state index in [9.17, 15) is 0 Å². The maximum Gasteiger partial charge on any atom is 0.146 e. The quantitative estimate of drug-likeness (QED) is 0.793. The Balaban J connectivity index is 1.93. The van der Waals surface area contributed by atoms with Gasteiger partial charge in [-0.2, -0.15) is 0 Å². The SMILES string of the molecule is COCCn1c(CN)nnc1CCCc1ccccc1. The molecule has 108 valence electrons. The molecule has 2 N–H and O–H groups in total. The molecule has 1 aromatic heterocycles. The summed E-state index contributed by atoms with van der Waals surface area (Å²) in [5.41, 5.74) is 7.05. The highest BCUT2D eigenvalue weighted by atomic mass is 16.5. The van der Waals surface area contributed by atoms with Crippen LogP contribution in [0.15, 0.2) is 30.3 Å². The van der Waals surface area contributed by atoms with E-state index in [1.807, 2.05) is 6.07 Å². The average Bonchev–Trinajstić information content (AvgIpc) is 2.88. The van der Waals surface area contributed by atoms with Crippen molar-refractivity contribution in [2.45, 2.75) is 32.4 Å². The summed E-state index contributed by atoms with van der Waals surface area (Å²) in [6.07, 6.45) is 3.02. The normalized spacial score (nSPS) is 10.9. The number of methoxy groups -OCH3 is 1. The Morgan fingerprint density at radius 2 is 1.85 bits per heavy atom. The van der Waals surface area contributed by atoms with Crippen LogP contribution in [0.4, 0.5) is 0 Å². The van der Waals surface area contributed by atoms with Crippen LogP contribution in [0.1, 0.15) is 23.6 Å². The molecule has 0 saturated heterocycles. The summed E-state index contributed by atoms with van der Waals surface area (Å²) in [5, 5.41) is 8.39. The maximum absolute atomic E-state index is 5.69. The summed E-state index contributed by atoms with van der Waals surface area (Å²) in [6.45, 7) is 1.82. The number of aryl methyl sites for hydroxylation is 2. The molecule has 1 aromatic carbocycles. The molecule has 0 fully saturated rings. The first-order valence-corrected chi connectivity index (χ1v) is 6.99. The standard InChI is InChI=1S/C15H22N4O/c1-20-11-10-19-14(17-18-15(19)12-16)9-5-8-13-6-3-2-4-7-13/h2-4,6-7H,5,8-12,16H2,1H3. The van der Waals surface area contributed by atoms with Gasteiger partial charge in [-0.25, -0.2) is 0 Å². The molecule has 0 atom stereocenters. The van der Waals surface area contributed by atoms with Crippen molar-refractivity contribution in [3.63, 3.8) is 0 Å². The lowest BCUT2D eigenvalue weighted by Crippen LogP contribution is -2.14. The molecule has 2 aromatic rings. The Morgan fingerprint density at radius 3 is 2.55 bits per heavy atom. The van der Waals surface area contributed by atoms with Crippen LogP contribution in [0.3, 0.4) is 0 Å². The van der Waals surface area contributed by atoms with E-state index in [1.165, 1.54) is 5.56 Å². The molecule has 0 saturated carbocycles. The molecular weight excluding hydrogens is 252 g/mol. The third-order valence-corrected chi connectivity index (χ3v) is 3.31. The van der Waals surface area contributed by atoms with Gasteiger partial charge in [0.1, 0.15) is 11.6 Å². The van der Waals surface area contributed by atoms with Gasteiger partial charge in [-0.05, 0) is 18.4 Å². The van der Waals surface area contributed by atoms with Gasteiger partial charge in [0.25, 0.3) is 0 Å². The van der Waals surface area contributed by atoms with Gasteiger partial charge in [-0.15, -0.1) is 10.2 Å². The lowest BCUT2D eigenvalue weighted by molar-refractivity contribution is 0.185. The summed E-state index contributed by atoms with van der Waals surface area (Å²) in [4.78, 5) is 0. The van der Waals surface area contributed by atoms with E-state index in [0.29, 0.717) is 13.2 Å². The third kappa shape index (κ3) is 3.88. The van der Waals surface area contributed by atoms with Crippen LogP contribution in [0.25, 0.3) is 0 Å². The molecule has 0 bridgehead atoms. The van der Waals surface area contributed by atoms with Crippen molar-refractivity contribution in [2.75, 3.05) is 13.7 Å². The summed E-state index contributed by atoms with van der Waals surface area (Å²) < 4.78 is 7.20. The van der Waals surface area contributed by atoms with Crippen molar-refractivity contribution >= 4 is 0 Å². The second kappa shape index (κ2) is 7.77. The number of nitrogens with two attached hydrogens (primary N) is 1. The van der Waals surface area contributed by atoms with Gasteiger partial charge in [-0.3, -0.25) is 0 Å². The van der Waals surface area contributed by atoms with Crippen LogP contribution >= 0.6 is 0 Å². The van der Waals surface area contributed by atoms with Crippen molar-refractivity contribution in [1.82, 2.24) is 14.8 Å². The monoisotopic (exact) mass is 274 g/mol. The molecule has 20 heavy (non-hydrogen) atoms. The molecule has 2 rings (SSSR count). The highest BCUT2D eigenvalue weighted by Crippen LogP contribution is 2.08. The summed E-state index contributed by atoms with van der Waals surface area (Å²) >= 11 is 0. The van der Waals surface area contributed by atoms with Crippen molar-refractivity contribution in [3.05, 3.63) is 47.5 Å². The number of ether oxygens (including phenoxy) is 1. The zero-order valence-electron chi connectivity index (χ0n) is 12.0. The highest BCUT2D eigenvalue weighted by Gasteiger charge is 2.10. The van der Waals surface area contributed by atoms with Crippen molar-refractivity contribution in [3.8, 4) is 0 Å². The van der Waals surface area contributed by atoms with Crippen molar-refractivity contribution < 1.29 is 4.74 Å². The minimum absolute atomic E-state index is 0.412. The second-order valence-corrected chi connectivity index (χ2v) is 4.72. The predicted molar refractivity (Wildman–Crippen MR) is 78.3 cm³/mol. The number of hydrogen-bond donors (Lipinski definition) is 1. The zero-order chi connectivity index (χ0) is 14.2. The van der Waals surface area contributed by atoms with Crippen molar-refractivity contribution in [2.24, 2.45) is 5.73 Å². The number of rotatable bonds is 8. The molecule has 5 nitrogen and oxygen atoms in total. The number of nitrogens with zero attached hydrogens (tertiary/aromatic N) is 3. The van der Waals surface area contributed by atoms with Crippen LogP contribution in [-0.2, 0) is 30.7 Å². The Morgan fingerprint density at radius 1 is 1.10 bits per heavy atom. The lowest BCUT2D eigenvalue weighted by atomic mass is 10.1. The molecule has 0 unspecified atom stereocenters. The summed E-state index contributed by atoms with van der Waals surface area (Å²) in [6, 6.07) is 10.5. The van der Waals surface area contributed by atoms with E-state index in [4.69, 9.17) is 10.5 Å². The Hall–Kier alpha value is -1.72. The van der Waals surface area contributed by atoms with E-state index in [2.05, 4.69) is 39.0 Å². The van der Waals surface area contributed by atoms with Gasteiger partial charge in [0.05, 0.1) is 13.2 Å². The third-order valence-electron chi connectivity index (χ3n) is 3.31. The minimum Gasteiger partial charge on any atom is -0.383 e. The van der Waals surface area contributed by atoms with Crippen LogP contribution in [0, 0.1) is 0 Å². The zero-order valence-corrected chi connectivity index (χ0v) is 12.0. The molecule has 0 aliphatic heterocycles. The Labute approximate surface area is 119 Å².